The van der Waals surface area contributed by atoms with E-state index in [-0.39, 0.29) is 5.97 Å². The van der Waals surface area contributed by atoms with Crippen LogP contribution in [0, 0.1) is 0 Å². The molecule has 5 heteroatoms. The zero-order valence-corrected chi connectivity index (χ0v) is 9.90. The molecule has 1 aromatic heterocycles. The lowest BCUT2D eigenvalue weighted by Crippen LogP contribution is -2.16. The minimum absolute atomic E-state index is 0.328. The number of rotatable bonds is 2. The van der Waals surface area contributed by atoms with E-state index >= 15 is 0 Å². The zero-order valence-electron chi connectivity index (χ0n) is 9.09. The van der Waals surface area contributed by atoms with Crippen LogP contribution in [0.2, 0.25) is 0 Å². The number of nitrogens with two attached hydrogens (primary N) is 1. The van der Waals surface area contributed by atoms with Gasteiger partial charge in [0.25, 0.3) is 0 Å². The Kier molecular flexibility index (Phi) is 3.14. The molecule has 1 aromatic rings. The number of fused-ring (bicyclic) bond motifs is 1. The van der Waals surface area contributed by atoms with Crippen molar-refractivity contribution in [3.05, 3.63) is 16.0 Å². The predicted molar refractivity (Wildman–Crippen MR) is 61.6 cm³/mol. The number of alkyl halides is 1. The van der Waals surface area contributed by atoms with Gasteiger partial charge in [-0.3, -0.25) is 0 Å². The fourth-order valence-corrected chi connectivity index (χ4v) is 3.16. The van der Waals surface area contributed by atoms with Crippen LogP contribution in [0.4, 0.5) is 9.39 Å². The van der Waals surface area contributed by atoms with E-state index in [0.29, 0.717) is 36.4 Å². The average Bonchev–Trinajstić information content (AvgIpc) is 2.53. The van der Waals surface area contributed by atoms with E-state index in [9.17, 15) is 9.18 Å². The number of carbonyl (C=O) groups excluding carboxylic acids is 1. The van der Waals surface area contributed by atoms with Crippen molar-refractivity contribution >= 4 is 22.3 Å². The summed E-state index contributed by atoms with van der Waals surface area (Å²) >= 11 is 1.31. The summed E-state index contributed by atoms with van der Waals surface area (Å²) < 4.78 is 18.2. The van der Waals surface area contributed by atoms with Gasteiger partial charge in [-0.05, 0) is 25.3 Å². The Labute approximate surface area is 97.4 Å². The minimum Gasteiger partial charge on any atom is -0.462 e. The summed E-state index contributed by atoms with van der Waals surface area (Å²) in [5, 5.41) is 0.456. The quantitative estimate of drug-likeness (QED) is 0.811. The Morgan fingerprint density at radius 2 is 2.44 bits per heavy atom. The molecular formula is C11H14FNO2S. The monoisotopic (exact) mass is 243 g/mol. The first-order valence-corrected chi connectivity index (χ1v) is 6.16. The molecule has 88 valence electrons. The summed E-state index contributed by atoms with van der Waals surface area (Å²) in [6, 6.07) is 0. The first-order valence-electron chi connectivity index (χ1n) is 5.34. The van der Waals surface area contributed by atoms with E-state index < -0.39 is 6.17 Å². The van der Waals surface area contributed by atoms with E-state index in [0.717, 1.165) is 10.4 Å². The number of halogens is 1. The number of carbonyl (C=O) groups is 1. The Morgan fingerprint density at radius 1 is 1.69 bits per heavy atom. The predicted octanol–water partition coefficient (Wildman–Crippen LogP) is 2.33. The first-order chi connectivity index (χ1) is 7.63. The highest BCUT2D eigenvalue weighted by Gasteiger charge is 2.28. The molecular weight excluding hydrogens is 229 g/mol. The molecule has 1 unspecified atom stereocenters. The second-order valence-electron chi connectivity index (χ2n) is 3.80. The number of ether oxygens (including phenoxy) is 1. The van der Waals surface area contributed by atoms with Crippen LogP contribution in [0.5, 0.6) is 0 Å². The molecule has 0 fully saturated rings. The molecule has 1 aliphatic carbocycles. The number of nitrogen functional groups attached to an aromatic ring is 1. The number of esters is 1. The molecule has 0 saturated carbocycles. The van der Waals surface area contributed by atoms with Gasteiger partial charge in [-0.2, -0.15) is 0 Å². The summed E-state index contributed by atoms with van der Waals surface area (Å²) in [4.78, 5) is 12.6. The standard InChI is InChI=1S/C11H14FNO2S/c1-2-15-11(14)9-7-4-3-6(12)5-8(7)16-10(9)13/h6H,2-5,13H2,1H3. The average molecular weight is 243 g/mol. The molecule has 1 heterocycles. The van der Waals surface area contributed by atoms with Crippen molar-refractivity contribution < 1.29 is 13.9 Å². The summed E-state index contributed by atoms with van der Waals surface area (Å²) in [5.41, 5.74) is 7.16. The van der Waals surface area contributed by atoms with Gasteiger partial charge < -0.3 is 10.5 Å². The van der Waals surface area contributed by atoms with Gasteiger partial charge in [0.05, 0.1) is 12.2 Å². The fraction of sp³-hybridized carbons (Fsp3) is 0.545. The van der Waals surface area contributed by atoms with Gasteiger partial charge >= 0.3 is 5.97 Å². The number of anilines is 1. The normalized spacial score (nSPS) is 19.2. The molecule has 2 rings (SSSR count). The highest BCUT2D eigenvalue weighted by atomic mass is 32.1. The lowest BCUT2D eigenvalue weighted by molar-refractivity contribution is 0.0526. The van der Waals surface area contributed by atoms with Crippen molar-refractivity contribution in [2.75, 3.05) is 12.3 Å². The van der Waals surface area contributed by atoms with Crippen LogP contribution in [0.25, 0.3) is 0 Å². The van der Waals surface area contributed by atoms with Crippen LogP contribution in [-0.2, 0) is 17.6 Å². The number of hydrogen-bond donors (Lipinski definition) is 1. The molecule has 0 saturated heterocycles. The van der Waals surface area contributed by atoms with E-state index in [4.69, 9.17) is 10.5 Å². The molecule has 16 heavy (non-hydrogen) atoms. The van der Waals surface area contributed by atoms with Crippen molar-refractivity contribution in [3.63, 3.8) is 0 Å². The lowest BCUT2D eigenvalue weighted by Gasteiger charge is -2.15. The molecule has 0 amide bonds. The van der Waals surface area contributed by atoms with Gasteiger partial charge in [-0.15, -0.1) is 11.3 Å². The molecule has 1 aliphatic rings. The van der Waals surface area contributed by atoms with E-state index in [1.165, 1.54) is 11.3 Å². The Bertz CT molecular complexity index is 416. The Balaban J connectivity index is 2.35. The summed E-state index contributed by atoms with van der Waals surface area (Å²) in [7, 11) is 0. The topological polar surface area (TPSA) is 52.3 Å². The third kappa shape index (κ3) is 1.91. The van der Waals surface area contributed by atoms with E-state index in [1.807, 2.05) is 0 Å². The summed E-state index contributed by atoms with van der Waals surface area (Å²) in [6.45, 7) is 2.08. The first kappa shape index (κ1) is 11.4. The SMILES string of the molecule is CCOC(=O)c1c(N)sc2c1CCC(F)C2. The van der Waals surface area contributed by atoms with Crippen LogP contribution in [0.15, 0.2) is 0 Å². The van der Waals surface area contributed by atoms with Crippen LogP contribution >= 0.6 is 11.3 Å². The van der Waals surface area contributed by atoms with Crippen molar-refractivity contribution in [1.29, 1.82) is 0 Å². The highest BCUT2D eigenvalue weighted by molar-refractivity contribution is 7.16. The second kappa shape index (κ2) is 4.41. The van der Waals surface area contributed by atoms with Gasteiger partial charge in [0, 0.05) is 11.3 Å². The maximum Gasteiger partial charge on any atom is 0.341 e. The molecule has 3 nitrogen and oxygen atoms in total. The second-order valence-corrected chi connectivity index (χ2v) is 4.94. The van der Waals surface area contributed by atoms with Crippen LogP contribution in [-0.4, -0.2) is 18.7 Å². The maximum absolute atomic E-state index is 13.2. The van der Waals surface area contributed by atoms with Gasteiger partial charge in [0.1, 0.15) is 11.2 Å². The van der Waals surface area contributed by atoms with Crippen molar-refractivity contribution in [2.24, 2.45) is 0 Å². The fourth-order valence-electron chi connectivity index (χ4n) is 1.99. The number of hydrogen-bond acceptors (Lipinski definition) is 4. The molecule has 0 radical (unpaired) electrons. The molecule has 0 aromatic carbocycles. The Hall–Kier alpha value is -1.10. The Morgan fingerprint density at radius 3 is 3.12 bits per heavy atom. The van der Waals surface area contributed by atoms with Crippen LogP contribution in [0.3, 0.4) is 0 Å². The van der Waals surface area contributed by atoms with Gasteiger partial charge in [-0.25, -0.2) is 9.18 Å². The zero-order chi connectivity index (χ0) is 11.7. The third-order valence-electron chi connectivity index (χ3n) is 2.71. The molecule has 2 N–H and O–H groups in total. The van der Waals surface area contributed by atoms with Gasteiger partial charge in [0.2, 0.25) is 0 Å². The van der Waals surface area contributed by atoms with Crippen molar-refractivity contribution in [2.45, 2.75) is 32.4 Å². The summed E-state index contributed by atoms with van der Waals surface area (Å²) in [6.07, 6.45) is 0.623. The largest absolute Gasteiger partial charge is 0.462 e. The molecule has 0 aliphatic heterocycles. The van der Waals surface area contributed by atoms with E-state index in [2.05, 4.69) is 0 Å². The van der Waals surface area contributed by atoms with Crippen molar-refractivity contribution in [3.8, 4) is 0 Å². The summed E-state index contributed by atoms with van der Waals surface area (Å²) in [5.74, 6) is -0.380. The maximum atomic E-state index is 13.2. The highest BCUT2D eigenvalue weighted by Crippen LogP contribution is 2.37. The molecule has 1 atom stereocenters. The number of thiophene rings is 1. The van der Waals surface area contributed by atoms with Crippen LogP contribution in [0.1, 0.15) is 34.1 Å². The van der Waals surface area contributed by atoms with E-state index in [1.54, 1.807) is 6.92 Å². The lowest BCUT2D eigenvalue weighted by atomic mass is 9.94. The smallest absolute Gasteiger partial charge is 0.341 e. The molecule has 0 spiro atoms. The van der Waals surface area contributed by atoms with Crippen LogP contribution < -0.4 is 5.73 Å². The third-order valence-corrected chi connectivity index (χ3v) is 3.80. The molecule has 0 bridgehead atoms. The van der Waals surface area contributed by atoms with Gasteiger partial charge in [-0.1, -0.05) is 0 Å². The van der Waals surface area contributed by atoms with Crippen molar-refractivity contribution in [1.82, 2.24) is 0 Å². The van der Waals surface area contributed by atoms with Gasteiger partial charge in [0.15, 0.2) is 0 Å². The minimum atomic E-state index is -0.805.